The third-order valence-corrected chi connectivity index (χ3v) is 2.42. The molecule has 0 saturated heterocycles. The van der Waals surface area contributed by atoms with Gasteiger partial charge in [-0.25, -0.2) is 0 Å². The summed E-state index contributed by atoms with van der Waals surface area (Å²) in [4.78, 5) is 3.93. The highest BCUT2D eigenvalue weighted by molar-refractivity contribution is 6.20. The van der Waals surface area contributed by atoms with Crippen LogP contribution >= 0.6 is 11.6 Å². The lowest BCUT2D eigenvalue weighted by molar-refractivity contribution is -0.137. The van der Waals surface area contributed by atoms with E-state index < -0.39 is 17.1 Å². The van der Waals surface area contributed by atoms with Crippen LogP contribution in [0.2, 0.25) is 0 Å². The Kier molecular flexibility index (Phi) is 3.30. The molecule has 2 aromatic rings. The van der Waals surface area contributed by atoms with E-state index in [0.717, 1.165) is 12.1 Å². The lowest BCUT2D eigenvalue weighted by Crippen LogP contribution is -2.04. The first-order valence-corrected chi connectivity index (χ1v) is 5.47. The Labute approximate surface area is 106 Å². The summed E-state index contributed by atoms with van der Waals surface area (Å²) in [7, 11) is 0. The van der Waals surface area contributed by atoms with Crippen LogP contribution in [-0.4, -0.2) is 10.1 Å². The molecule has 0 spiro atoms. The molecule has 1 atom stereocenters. The Balaban J connectivity index is 2.38. The summed E-state index contributed by atoms with van der Waals surface area (Å²) in [6.07, 6.45) is -4.40. The molecular weight excluding hydrogens is 269 g/mol. The number of hydrogen-bond acceptors (Lipinski definition) is 3. The fourth-order valence-corrected chi connectivity index (χ4v) is 1.44. The minimum Gasteiger partial charge on any atom is -0.337 e. The van der Waals surface area contributed by atoms with Gasteiger partial charge in [-0.3, -0.25) is 0 Å². The van der Waals surface area contributed by atoms with Crippen molar-refractivity contribution in [2.75, 3.05) is 0 Å². The zero-order valence-corrected chi connectivity index (χ0v) is 9.96. The molecule has 0 radical (unpaired) electrons. The fraction of sp³-hybridized carbons (Fsp3) is 0.273. The molecule has 18 heavy (non-hydrogen) atoms. The summed E-state index contributed by atoms with van der Waals surface area (Å²) < 4.78 is 42.4. The van der Waals surface area contributed by atoms with Crippen LogP contribution in [0.25, 0.3) is 11.4 Å². The van der Waals surface area contributed by atoms with Crippen molar-refractivity contribution in [1.82, 2.24) is 10.1 Å². The van der Waals surface area contributed by atoms with Crippen LogP contribution in [0.5, 0.6) is 0 Å². The summed E-state index contributed by atoms with van der Waals surface area (Å²) in [5, 5.41) is 3.10. The zero-order valence-electron chi connectivity index (χ0n) is 9.20. The highest BCUT2D eigenvalue weighted by Gasteiger charge is 2.30. The van der Waals surface area contributed by atoms with E-state index in [1.54, 1.807) is 6.92 Å². The van der Waals surface area contributed by atoms with E-state index >= 15 is 0 Å². The number of hydrogen-bond donors (Lipinski definition) is 0. The van der Waals surface area contributed by atoms with Gasteiger partial charge in [0.05, 0.1) is 5.56 Å². The fourth-order valence-electron chi connectivity index (χ4n) is 1.35. The number of alkyl halides is 4. The second-order valence-electron chi connectivity index (χ2n) is 3.65. The van der Waals surface area contributed by atoms with Crippen LogP contribution in [0, 0.1) is 0 Å². The van der Waals surface area contributed by atoms with Crippen LogP contribution in [0.4, 0.5) is 13.2 Å². The second kappa shape index (κ2) is 4.61. The molecule has 3 nitrogen and oxygen atoms in total. The molecular formula is C11H8ClF3N2O. The molecule has 0 aliphatic heterocycles. The molecule has 96 valence electrons. The van der Waals surface area contributed by atoms with Gasteiger partial charge in [0.15, 0.2) is 0 Å². The SMILES string of the molecule is C[C@H](Cl)c1nc(-c2cccc(C(F)(F)F)c2)no1. The third-order valence-electron chi connectivity index (χ3n) is 2.23. The van der Waals surface area contributed by atoms with Crippen LogP contribution < -0.4 is 0 Å². The van der Waals surface area contributed by atoms with Crippen molar-refractivity contribution in [2.24, 2.45) is 0 Å². The first kappa shape index (κ1) is 12.9. The van der Waals surface area contributed by atoms with Gasteiger partial charge in [-0.15, -0.1) is 11.6 Å². The lowest BCUT2D eigenvalue weighted by atomic mass is 10.1. The van der Waals surface area contributed by atoms with Crippen molar-refractivity contribution in [1.29, 1.82) is 0 Å². The summed E-state index contributed by atoms with van der Waals surface area (Å²) in [6, 6.07) is 4.71. The molecule has 0 bridgehead atoms. The summed E-state index contributed by atoms with van der Waals surface area (Å²) in [6.45, 7) is 1.63. The molecule has 1 aromatic carbocycles. The largest absolute Gasteiger partial charge is 0.416 e. The van der Waals surface area contributed by atoms with Crippen molar-refractivity contribution < 1.29 is 17.7 Å². The predicted molar refractivity (Wildman–Crippen MR) is 59.0 cm³/mol. The Morgan fingerprint density at radius 2 is 2.06 bits per heavy atom. The monoisotopic (exact) mass is 276 g/mol. The van der Waals surface area contributed by atoms with Crippen LogP contribution in [0.1, 0.15) is 23.8 Å². The number of nitrogens with zero attached hydrogens (tertiary/aromatic N) is 2. The summed E-state index contributed by atoms with van der Waals surface area (Å²) >= 11 is 5.73. The Morgan fingerprint density at radius 3 is 2.61 bits per heavy atom. The molecule has 0 aliphatic rings. The number of benzene rings is 1. The average molecular weight is 277 g/mol. The molecule has 2 rings (SSSR count). The Hall–Kier alpha value is -1.56. The van der Waals surface area contributed by atoms with Gasteiger partial charge < -0.3 is 4.52 Å². The van der Waals surface area contributed by atoms with Gasteiger partial charge in [-0.05, 0) is 19.1 Å². The van der Waals surface area contributed by atoms with E-state index in [1.807, 2.05) is 0 Å². The van der Waals surface area contributed by atoms with Crippen molar-refractivity contribution in [3.63, 3.8) is 0 Å². The van der Waals surface area contributed by atoms with E-state index in [0.29, 0.717) is 0 Å². The molecule has 0 aliphatic carbocycles. The topological polar surface area (TPSA) is 38.9 Å². The van der Waals surface area contributed by atoms with Crippen molar-refractivity contribution in [3.8, 4) is 11.4 Å². The van der Waals surface area contributed by atoms with E-state index in [1.165, 1.54) is 12.1 Å². The first-order chi connectivity index (χ1) is 8.38. The van der Waals surface area contributed by atoms with Gasteiger partial charge in [0, 0.05) is 5.56 Å². The molecule has 0 amide bonds. The average Bonchev–Trinajstić information content (AvgIpc) is 2.77. The molecule has 0 unspecified atom stereocenters. The van der Waals surface area contributed by atoms with Gasteiger partial charge in [0.25, 0.3) is 0 Å². The zero-order chi connectivity index (χ0) is 13.3. The van der Waals surface area contributed by atoms with Gasteiger partial charge in [-0.2, -0.15) is 18.2 Å². The molecule has 0 fully saturated rings. The highest BCUT2D eigenvalue weighted by atomic mass is 35.5. The molecule has 0 N–H and O–H groups in total. The van der Waals surface area contributed by atoms with E-state index in [4.69, 9.17) is 16.1 Å². The third kappa shape index (κ3) is 2.64. The summed E-state index contributed by atoms with van der Waals surface area (Å²) in [5.41, 5.74) is -0.526. The van der Waals surface area contributed by atoms with Crippen LogP contribution in [-0.2, 0) is 6.18 Å². The van der Waals surface area contributed by atoms with Crippen molar-refractivity contribution in [2.45, 2.75) is 18.5 Å². The van der Waals surface area contributed by atoms with Crippen LogP contribution in [0.15, 0.2) is 28.8 Å². The van der Waals surface area contributed by atoms with Gasteiger partial charge in [-0.1, -0.05) is 17.3 Å². The predicted octanol–water partition coefficient (Wildman–Crippen LogP) is 4.06. The summed E-state index contributed by atoms with van der Waals surface area (Å²) in [5.74, 6) is 0.257. The standard InChI is InChI=1S/C11H8ClF3N2O/c1-6(12)10-16-9(17-18-10)7-3-2-4-8(5-7)11(13,14)15/h2-6H,1H3/t6-/m0/s1. The van der Waals surface area contributed by atoms with Crippen molar-refractivity contribution >= 4 is 11.6 Å². The molecule has 1 heterocycles. The van der Waals surface area contributed by atoms with Gasteiger partial charge >= 0.3 is 6.18 Å². The Morgan fingerprint density at radius 1 is 1.33 bits per heavy atom. The van der Waals surface area contributed by atoms with E-state index in [2.05, 4.69) is 10.1 Å². The smallest absolute Gasteiger partial charge is 0.337 e. The maximum Gasteiger partial charge on any atom is 0.416 e. The molecule has 7 heteroatoms. The number of rotatable bonds is 2. The normalized spacial score (nSPS) is 13.6. The Bertz CT molecular complexity index is 551. The quantitative estimate of drug-likeness (QED) is 0.777. The van der Waals surface area contributed by atoms with Gasteiger partial charge in [0.2, 0.25) is 11.7 Å². The maximum absolute atomic E-state index is 12.5. The first-order valence-electron chi connectivity index (χ1n) is 5.03. The molecule has 1 aromatic heterocycles. The molecule has 0 saturated carbocycles. The minimum absolute atomic E-state index is 0.0867. The lowest BCUT2D eigenvalue weighted by Gasteiger charge is -2.06. The maximum atomic E-state index is 12.5. The van der Waals surface area contributed by atoms with E-state index in [-0.39, 0.29) is 17.3 Å². The van der Waals surface area contributed by atoms with E-state index in [9.17, 15) is 13.2 Å². The van der Waals surface area contributed by atoms with Gasteiger partial charge in [0.1, 0.15) is 5.38 Å². The highest BCUT2D eigenvalue weighted by Crippen LogP contribution is 2.31. The minimum atomic E-state index is -4.40. The number of halogens is 4. The van der Waals surface area contributed by atoms with Crippen LogP contribution in [0.3, 0.4) is 0 Å². The number of aromatic nitrogens is 2. The second-order valence-corrected chi connectivity index (χ2v) is 4.31. The van der Waals surface area contributed by atoms with Crippen molar-refractivity contribution in [3.05, 3.63) is 35.7 Å².